The van der Waals surface area contributed by atoms with E-state index in [1.807, 2.05) is 6.20 Å². The lowest BCUT2D eigenvalue weighted by Crippen LogP contribution is -2.24. The summed E-state index contributed by atoms with van der Waals surface area (Å²) in [5.74, 6) is 0.977. The van der Waals surface area contributed by atoms with Crippen LogP contribution in [-0.2, 0) is 0 Å². The molecule has 0 amide bonds. The second kappa shape index (κ2) is 7.12. The van der Waals surface area contributed by atoms with E-state index >= 15 is 0 Å². The van der Waals surface area contributed by atoms with E-state index in [4.69, 9.17) is 0 Å². The van der Waals surface area contributed by atoms with Crippen molar-refractivity contribution in [1.82, 2.24) is 10.3 Å². The second-order valence-electron chi connectivity index (χ2n) is 5.08. The number of thiazole rings is 1. The normalized spacial score (nSPS) is 19.4. The predicted octanol–water partition coefficient (Wildman–Crippen LogP) is 4.15. The summed E-state index contributed by atoms with van der Waals surface area (Å²) in [5, 5.41) is 6.98. The van der Waals surface area contributed by atoms with Crippen molar-refractivity contribution in [3.05, 3.63) is 16.6 Å². The Bertz CT molecular complexity index is 291. The fraction of sp³-hybridized carbons (Fsp3) is 0.786. The lowest BCUT2D eigenvalue weighted by molar-refractivity contribution is 0.327. The summed E-state index contributed by atoms with van der Waals surface area (Å²) >= 11 is 1.77. The summed E-state index contributed by atoms with van der Waals surface area (Å²) < 4.78 is 0. The highest BCUT2D eigenvalue weighted by molar-refractivity contribution is 7.09. The molecule has 0 bridgehead atoms. The molecule has 1 N–H and O–H groups in total. The Morgan fingerprint density at radius 1 is 1.41 bits per heavy atom. The van der Waals surface area contributed by atoms with Crippen molar-refractivity contribution in [1.29, 1.82) is 0 Å². The second-order valence-corrected chi connectivity index (χ2v) is 6.00. The fourth-order valence-corrected chi connectivity index (χ4v) is 3.55. The molecule has 1 atom stereocenters. The van der Waals surface area contributed by atoms with Crippen LogP contribution < -0.4 is 5.32 Å². The number of hydrogen-bond acceptors (Lipinski definition) is 3. The van der Waals surface area contributed by atoms with Crippen molar-refractivity contribution in [3.8, 4) is 0 Å². The Morgan fingerprint density at radius 3 is 2.88 bits per heavy atom. The Labute approximate surface area is 109 Å². The SMILES string of the molecule is CCC(NCCC1CCCCC1)c1nccs1. The molecule has 1 aliphatic rings. The molecule has 0 radical (unpaired) electrons. The molecule has 1 aromatic rings. The first-order valence-corrected chi connectivity index (χ1v) is 7.91. The van der Waals surface area contributed by atoms with E-state index in [0.717, 1.165) is 18.9 Å². The molecule has 1 aliphatic carbocycles. The highest BCUT2D eigenvalue weighted by atomic mass is 32.1. The van der Waals surface area contributed by atoms with E-state index in [-0.39, 0.29) is 0 Å². The Morgan fingerprint density at radius 2 is 2.24 bits per heavy atom. The molecule has 1 saturated carbocycles. The van der Waals surface area contributed by atoms with Crippen LogP contribution in [-0.4, -0.2) is 11.5 Å². The zero-order valence-corrected chi connectivity index (χ0v) is 11.6. The first-order valence-electron chi connectivity index (χ1n) is 7.03. The van der Waals surface area contributed by atoms with Gasteiger partial charge in [0.1, 0.15) is 5.01 Å². The maximum absolute atomic E-state index is 4.41. The molecule has 2 rings (SSSR count). The Balaban J connectivity index is 1.69. The van der Waals surface area contributed by atoms with Gasteiger partial charge < -0.3 is 5.32 Å². The highest BCUT2D eigenvalue weighted by Gasteiger charge is 2.15. The maximum Gasteiger partial charge on any atom is 0.109 e. The van der Waals surface area contributed by atoms with Crippen LogP contribution in [0.25, 0.3) is 0 Å². The maximum atomic E-state index is 4.41. The van der Waals surface area contributed by atoms with Crippen molar-refractivity contribution in [3.63, 3.8) is 0 Å². The molecule has 1 fully saturated rings. The monoisotopic (exact) mass is 252 g/mol. The summed E-state index contributed by atoms with van der Waals surface area (Å²) in [6, 6.07) is 0.471. The number of nitrogens with zero attached hydrogens (tertiary/aromatic N) is 1. The van der Waals surface area contributed by atoms with Crippen LogP contribution in [0.1, 0.15) is 62.9 Å². The number of aromatic nitrogens is 1. The smallest absolute Gasteiger partial charge is 0.109 e. The first-order chi connectivity index (χ1) is 8.40. The van der Waals surface area contributed by atoms with Gasteiger partial charge in [-0.1, -0.05) is 39.0 Å². The van der Waals surface area contributed by atoms with Crippen LogP contribution in [0.2, 0.25) is 0 Å². The molecule has 17 heavy (non-hydrogen) atoms. The van der Waals surface area contributed by atoms with E-state index < -0.39 is 0 Å². The van der Waals surface area contributed by atoms with E-state index in [1.165, 1.54) is 43.5 Å². The van der Waals surface area contributed by atoms with Gasteiger partial charge in [0.15, 0.2) is 0 Å². The molecule has 1 aromatic heterocycles. The van der Waals surface area contributed by atoms with Crippen LogP contribution in [0, 0.1) is 5.92 Å². The van der Waals surface area contributed by atoms with Crippen LogP contribution >= 0.6 is 11.3 Å². The zero-order chi connectivity index (χ0) is 11.9. The number of rotatable bonds is 6. The molecular weight excluding hydrogens is 228 g/mol. The van der Waals surface area contributed by atoms with Crippen LogP contribution in [0.15, 0.2) is 11.6 Å². The predicted molar refractivity (Wildman–Crippen MR) is 74.3 cm³/mol. The van der Waals surface area contributed by atoms with Gasteiger partial charge in [0.05, 0.1) is 6.04 Å². The lowest BCUT2D eigenvalue weighted by atomic mass is 9.87. The van der Waals surface area contributed by atoms with Gasteiger partial charge in [0.25, 0.3) is 0 Å². The quantitative estimate of drug-likeness (QED) is 0.822. The molecule has 0 saturated heterocycles. The third-order valence-electron chi connectivity index (χ3n) is 3.83. The van der Waals surface area contributed by atoms with Crippen molar-refractivity contribution in [2.45, 2.75) is 57.9 Å². The summed E-state index contributed by atoms with van der Waals surface area (Å²) in [6.45, 7) is 3.39. The molecule has 1 heterocycles. The largest absolute Gasteiger partial charge is 0.308 e. The average molecular weight is 252 g/mol. The lowest BCUT2D eigenvalue weighted by Gasteiger charge is -2.22. The number of hydrogen-bond donors (Lipinski definition) is 1. The standard InChI is InChI=1S/C14H24N2S/c1-2-13(14-16-10-11-17-14)15-9-8-12-6-4-3-5-7-12/h10-13,15H,2-9H2,1H3. The van der Waals surface area contributed by atoms with Gasteiger partial charge in [-0.05, 0) is 25.3 Å². The van der Waals surface area contributed by atoms with Crippen molar-refractivity contribution < 1.29 is 0 Å². The van der Waals surface area contributed by atoms with E-state index in [9.17, 15) is 0 Å². The molecule has 1 unspecified atom stereocenters. The summed E-state index contributed by atoms with van der Waals surface area (Å²) in [4.78, 5) is 4.41. The highest BCUT2D eigenvalue weighted by Crippen LogP contribution is 2.26. The van der Waals surface area contributed by atoms with Gasteiger partial charge in [-0.15, -0.1) is 11.3 Å². The summed E-state index contributed by atoms with van der Waals surface area (Å²) in [5.41, 5.74) is 0. The Hall–Kier alpha value is -0.410. The van der Waals surface area contributed by atoms with Gasteiger partial charge in [-0.3, -0.25) is 0 Å². The topological polar surface area (TPSA) is 24.9 Å². The third kappa shape index (κ3) is 4.07. The van der Waals surface area contributed by atoms with Crippen molar-refractivity contribution >= 4 is 11.3 Å². The minimum atomic E-state index is 0.471. The summed E-state index contributed by atoms with van der Waals surface area (Å²) in [6.07, 6.45) is 11.7. The first kappa shape index (κ1) is 13.0. The van der Waals surface area contributed by atoms with E-state index in [2.05, 4.69) is 22.6 Å². The molecule has 2 nitrogen and oxygen atoms in total. The van der Waals surface area contributed by atoms with Crippen LogP contribution in [0.4, 0.5) is 0 Å². The molecule has 0 aliphatic heterocycles. The molecule has 96 valence electrons. The number of nitrogens with one attached hydrogen (secondary N) is 1. The van der Waals surface area contributed by atoms with Crippen molar-refractivity contribution in [2.24, 2.45) is 5.92 Å². The van der Waals surface area contributed by atoms with Gasteiger partial charge in [-0.25, -0.2) is 4.98 Å². The van der Waals surface area contributed by atoms with E-state index in [1.54, 1.807) is 11.3 Å². The molecule has 0 aromatic carbocycles. The van der Waals surface area contributed by atoms with Gasteiger partial charge >= 0.3 is 0 Å². The summed E-state index contributed by atoms with van der Waals surface area (Å²) in [7, 11) is 0. The third-order valence-corrected chi connectivity index (χ3v) is 4.72. The molecular formula is C14H24N2S. The minimum Gasteiger partial charge on any atom is -0.308 e. The van der Waals surface area contributed by atoms with Crippen molar-refractivity contribution in [2.75, 3.05) is 6.54 Å². The zero-order valence-electron chi connectivity index (χ0n) is 10.8. The van der Waals surface area contributed by atoms with Gasteiger partial charge in [0, 0.05) is 11.6 Å². The van der Waals surface area contributed by atoms with Crippen LogP contribution in [0.5, 0.6) is 0 Å². The average Bonchev–Trinajstić information content (AvgIpc) is 2.90. The van der Waals surface area contributed by atoms with E-state index in [0.29, 0.717) is 6.04 Å². The molecule has 3 heteroatoms. The fourth-order valence-electron chi connectivity index (χ4n) is 2.75. The van der Waals surface area contributed by atoms with Crippen LogP contribution in [0.3, 0.4) is 0 Å². The van der Waals surface area contributed by atoms with Gasteiger partial charge in [0.2, 0.25) is 0 Å². The minimum absolute atomic E-state index is 0.471. The molecule has 0 spiro atoms. The van der Waals surface area contributed by atoms with Gasteiger partial charge in [-0.2, -0.15) is 0 Å². The Kier molecular flexibility index (Phi) is 5.46.